The van der Waals surface area contributed by atoms with Crippen LogP contribution in [-0.2, 0) is 21.2 Å². The molecule has 2 aromatic carbocycles. The molecule has 0 radical (unpaired) electrons. The van der Waals surface area contributed by atoms with Gasteiger partial charge < -0.3 is 10.4 Å². The molecule has 0 aliphatic carbocycles. The quantitative estimate of drug-likeness (QED) is 0.696. The van der Waals surface area contributed by atoms with Gasteiger partial charge in [-0.25, -0.2) is 8.42 Å². The van der Waals surface area contributed by atoms with Crippen molar-refractivity contribution < 1.29 is 23.1 Å². The van der Waals surface area contributed by atoms with E-state index in [1.54, 1.807) is 12.1 Å². The van der Waals surface area contributed by atoms with Crippen LogP contribution in [-0.4, -0.2) is 32.4 Å². The Balaban J connectivity index is 2.10. The average Bonchev–Trinajstić information content (AvgIpc) is 2.60. The van der Waals surface area contributed by atoms with Gasteiger partial charge in [0.05, 0.1) is 4.90 Å². The van der Waals surface area contributed by atoms with Crippen LogP contribution in [0.3, 0.4) is 0 Å². The molecule has 0 spiro atoms. The standard InChI is InChI=1S/C17H18N2O5S/c1-18-17(22)13-5-7-14(8-6-13)19-25(23,24)15-9-2-12(3-10-15)4-11-16(20)21/h2-3,5-10,19H,4,11H2,1H3,(H,18,22)(H,20,21). The summed E-state index contributed by atoms with van der Waals surface area (Å²) < 4.78 is 27.2. The number of hydrogen-bond acceptors (Lipinski definition) is 4. The molecule has 2 aromatic rings. The first-order chi connectivity index (χ1) is 11.8. The Bertz CT molecular complexity index is 859. The first-order valence-corrected chi connectivity index (χ1v) is 8.96. The predicted molar refractivity (Wildman–Crippen MR) is 93.0 cm³/mol. The molecule has 0 aromatic heterocycles. The number of carboxylic acid groups (broad SMARTS) is 1. The van der Waals surface area contributed by atoms with Gasteiger partial charge in [0.1, 0.15) is 0 Å². The second kappa shape index (κ2) is 7.80. The number of aryl methyl sites for hydroxylation is 1. The SMILES string of the molecule is CNC(=O)c1ccc(NS(=O)(=O)c2ccc(CCC(=O)O)cc2)cc1. The lowest BCUT2D eigenvalue weighted by Gasteiger charge is -2.09. The Morgan fingerprint density at radius 2 is 1.60 bits per heavy atom. The topological polar surface area (TPSA) is 113 Å². The monoisotopic (exact) mass is 362 g/mol. The maximum Gasteiger partial charge on any atom is 0.303 e. The van der Waals surface area contributed by atoms with Crippen molar-refractivity contribution in [2.75, 3.05) is 11.8 Å². The van der Waals surface area contributed by atoms with E-state index in [0.717, 1.165) is 5.56 Å². The number of aliphatic carboxylic acids is 1. The minimum Gasteiger partial charge on any atom is -0.481 e. The summed E-state index contributed by atoms with van der Waals surface area (Å²) in [7, 11) is -2.25. The highest BCUT2D eigenvalue weighted by Gasteiger charge is 2.14. The summed E-state index contributed by atoms with van der Waals surface area (Å²) in [6.45, 7) is 0. The summed E-state index contributed by atoms with van der Waals surface area (Å²) in [5, 5.41) is 11.1. The summed E-state index contributed by atoms with van der Waals surface area (Å²) in [4.78, 5) is 22.1. The van der Waals surface area contributed by atoms with Gasteiger partial charge in [0, 0.05) is 24.7 Å². The smallest absolute Gasteiger partial charge is 0.303 e. The number of amides is 1. The number of sulfonamides is 1. The highest BCUT2D eigenvalue weighted by atomic mass is 32.2. The second-order valence-electron chi connectivity index (χ2n) is 5.30. The normalized spacial score (nSPS) is 10.9. The number of hydrogen-bond donors (Lipinski definition) is 3. The number of rotatable bonds is 7. The fourth-order valence-electron chi connectivity index (χ4n) is 2.13. The van der Waals surface area contributed by atoms with E-state index in [-0.39, 0.29) is 17.2 Å². The third-order valence-electron chi connectivity index (χ3n) is 3.49. The summed E-state index contributed by atoms with van der Waals surface area (Å²) >= 11 is 0. The Labute approximate surface area is 145 Å². The van der Waals surface area contributed by atoms with E-state index in [1.165, 1.54) is 43.4 Å². The molecule has 0 saturated carbocycles. The third kappa shape index (κ3) is 5.05. The molecule has 1 amide bonds. The minimum atomic E-state index is -3.77. The highest BCUT2D eigenvalue weighted by molar-refractivity contribution is 7.92. The largest absolute Gasteiger partial charge is 0.481 e. The van der Waals surface area contributed by atoms with Crippen LogP contribution in [0.25, 0.3) is 0 Å². The molecular weight excluding hydrogens is 344 g/mol. The minimum absolute atomic E-state index is 0.0119. The second-order valence-corrected chi connectivity index (χ2v) is 6.98. The van der Waals surface area contributed by atoms with Crippen LogP contribution in [0.4, 0.5) is 5.69 Å². The zero-order chi connectivity index (χ0) is 18.4. The van der Waals surface area contributed by atoms with Crippen molar-refractivity contribution in [3.05, 3.63) is 59.7 Å². The summed E-state index contributed by atoms with van der Waals surface area (Å²) in [5.41, 5.74) is 1.51. The summed E-state index contributed by atoms with van der Waals surface area (Å²) in [6.07, 6.45) is 0.325. The van der Waals surface area contributed by atoms with E-state index >= 15 is 0 Å². The van der Waals surface area contributed by atoms with Crippen LogP contribution >= 0.6 is 0 Å². The maximum absolute atomic E-state index is 12.4. The Morgan fingerprint density at radius 3 is 2.12 bits per heavy atom. The molecule has 0 saturated heterocycles. The molecule has 0 unspecified atom stereocenters. The third-order valence-corrected chi connectivity index (χ3v) is 4.88. The van der Waals surface area contributed by atoms with Crippen molar-refractivity contribution in [2.45, 2.75) is 17.7 Å². The van der Waals surface area contributed by atoms with Gasteiger partial charge in [-0.05, 0) is 48.4 Å². The number of carbonyl (C=O) groups is 2. The fourth-order valence-corrected chi connectivity index (χ4v) is 3.19. The van der Waals surface area contributed by atoms with Crippen LogP contribution < -0.4 is 10.0 Å². The molecule has 8 heteroatoms. The van der Waals surface area contributed by atoms with E-state index in [1.807, 2.05) is 0 Å². The van der Waals surface area contributed by atoms with Gasteiger partial charge in [-0.3, -0.25) is 14.3 Å². The maximum atomic E-state index is 12.4. The van der Waals surface area contributed by atoms with E-state index in [4.69, 9.17) is 5.11 Å². The average molecular weight is 362 g/mol. The van der Waals surface area contributed by atoms with Crippen molar-refractivity contribution in [2.24, 2.45) is 0 Å². The molecule has 0 fully saturated rings. The lowest BCUT2D eigenvalue weighted by molar-refractivity contribution is -0.136. The zero-order valence-electron chi connectivity index (χ0n) is 13.5. The number of carbonyl (C=O) groups excluding carboxylic acids is 1. The van der Waals surface area contributed by atoms with Crippen molar-refractivity contribution in [3.8, 4) is 0 Å². The van der Waals surface area contributed by atoms with E-state index in [0.29, 0.717) is 17.7 Å². The fraction of sp³-hybridized carbons (Fsp3) is 0.176. The van der Waals surface area contributed by atoms with Gasteiger partial charge in [0.2, 0.25) is 0 Å². The molecule has 25 heavy (non-hydrogen) atoms. The molecule has 0 aliphatic heterocycles. The number of anilines is 1. The Morgan fingerprint density at radius 1 is 1.00 bits per heavy atom. The molecule has 2 rings (SSSR count). The van der Waals surface area contributed by atoms with Gasteiger partial charge >= 0.3 is 5.97 Å². The van der Waals surface area contributed by atoms with E-state index in [2.05, 4.69) is 10.0 Å². The van der Waals surface area contributed by atoms with Crippen molar-refractivity contribution in [1.82, 2.24) is 5.32 Å². The predicted octanol–water partition coefficient (Wildman–Crippen LogP) is 1.86. The van der Waals surface area contributed by atoms with E-state index < -0.39 is 16.0 Å². The zero-order valence-corrected chi connectivity index (χ0v) is 14.3. The van der Waals surface area contributed by atoms with Crippen LogP contribution in [0, 0.1) is 0 Å². The van der Waals surface area contributed by atoms with Crippen LogP contribution in [0.15, 0.2) is 53.4 Å². The van der Waals surface area contributed by atoms with Crippen molar-refractivity contribution in [3.63, 3.8) is 0 Å². The molecular formula is C17H18N2O5S. The lowest BCUT2D eigenvalue weighted by atomic mass is 10.1. The van der Waals surface area contributed by atoms with Crippen LogP contribution in [0.2, 0.25) is 0 Å². The van der Waals surface area contributed by atoms with Crippen molar-refractivity contribution in [1.29, 1.82) is 0 Å². The van der Waals surface area contributed by atoms with Gasteiger partial charge in [0.25, 0.3) is 15.9 Å². The molecule has 0 atom stereocenters. The molecule has 0 heterocycles. The Kier molecular flexibility index (Phi) is 5.76. The lowest BCUT2D eigenvalue weighted by Crippen LogP contribution is -2.18. The molecule has 0 aliphatic rings. The van der Waals surface area contributed by atoms with Crippen LogP contribution in [0.5, 0.6) is 0 Å². The highest BCUT2D eigenvalue weighted by Crippen LogP contribution is 2.18. The van der Waals surface area contributed by atoms with Gasteiger partial charge in [0.15, 0.2) is 0 Å². The van der Waals surface area contributed by atoms with Gasteiger partial charge in [-0.2, -0.15) is 0 Å². The van der Waals surface area contributed by atoms with E-state index in [9.17, 15) is 18.0 Å². The molecule has 0 bridgehead atoms. The number of nitrogens with one attached hydrogen (secondary N) is 2. The summed E-state index contributed by atoms with van der Waals surface area (Å²) in [6, 6.07) is 12.1. The van der Waals surface area contributed by atoms with Gasteiger partial charge in [-0.1, -0.05) is 12.1 Å². The molecule has 132 valence electrons. The van der Waals surface area contributed by atoms with Crippen molar-refractivity contribution >= 4 is 27.6 Å². The number of benzene rings is 2. The van der Waals surface area contributed by atoms with Crippen LogP contribution in [0.1, 0.15) is 22.3 Å². The number of carboxylic acids is 1. The Hall–Kier alpha value is -2.87. The summed E-state index contributed by atoms with van der Waals surface area (Å²) in [5.74, 6) is -1.16. The molecule has 7 nitrogen and oxygen atoms in total. The first-order valence-electron chi connectivity index (χ1n) is 7.47. The first kappa shape index (κ1) is 18.5. The molecule has 3 N–H and O–H groups in total. The van der Waals surface area contributed by atoms with Gasteiger partial charge in [-0.15, -0.1) is 0 Å².